The topological polar surface area (TPSA) is 9.23 Å². The number of ether oxygens (including phenoxy) is 1. The summed E-state index contributed by atoms with van der Waals surface area (Å²) in [5.74, 6) is 1.85. The Morgan fingerprint density at radius 2 is 0.247 bits per heavy atom. The SMILES string of the molecule is CCCCCCCCCCCCCCCCCCCCC(C)CCCCCCCC(CCCCCCCCCCCC)OC(CCCCCCCCCCCC)CCCCCCCC(C)CCCCCCCCCCCCCCCCCCCC. The lowest BCUT2D eigenvalue weighted by Gasteiger charge is -2.26. The first kappa shape index (κ1) is 85.0. The second-order valence-corrected chi connectivity index (χ2v) is 29.8. The molecule has 0 aromatic rings. The Balaban J connectivity index is 4.63. The summed E-state index contributed by atoms with van der Waals surface area (Å²) in [6, 6.07) is 0. The molecule has 0 heterocycles. The number of hydrogen-bond acceptors (Lipinski definition) is 1. The number of hydrogen-bond donors (Lipinski definition) is 0. The zero-order chi connectivity index (χ0) is 61.3. The molecule has 1 nitrogen and oxygen atoms in total. The first-order valence-corrected chi connectivity index (χ1v) is 41.7. The Labute approximate surface area is 542 Å². The van der Waals surface area contributed by atoms with Crippen LogP contribution >= 0.6 is 0 Å². The maximum Gasteiger partial charge on any atom is 0.0578 e. The largest absolute Gasteiger partial charge is 0.375 e. The van der Waals surface area contributed by atoms with Gasteiger partial charge in [0.05, 0.1) is 12.2 Å². The van der Waals surface area contributed by atoms with Gasteiger partial charge in [0.1, 0.15) is 0 Å². The molecule has 0 rings (SSSR count). The van der Waals surface area contributed by atoms with Gasteiger partial charge < -0.3 is 4.74 Å². The predicted molar refractivity (Wildman–Crippen MR) is 391 cm³/mol. The molecular formula is C84H170O. The van der Waals surface area contributed by atoms with Crippen molar-refractivity contribution in [2.75, 3.05) is 0 Å². The van der Waals surface area contributed by atoms with Gasteiger partial charge in [0.2, 0.25) is 0 Å². The average Bonchev–Trinajstić information content (AvgIpc) is 3.53. The maximum absolute atomic E-state index is 7.36. The number of unbranched alkanes of at least 4 members (excludes halogenated alkanes) is 60. The second-order valence-electron chi connectivity index (χ2n) is 29.8. The first-order valence-electron chi connectivity index (χ1n) is 41.7. The van der Waals surface area contributed by atoms with E-state index in [4.69, 9.17) is 4.74 Å². The van der Waals surface area contributed by atoms with Crippen LogP contribution in [0.5, 0.6) is 0 Å². The van der Waals surface area contributed by atoms with Crippen LogP contribution in [0.3, 0.4) is 0 Å². The highest BCUT2D eigenvalue weighted by Gasteiger charge is 2.17. The molecule has 0 bridgehead atoms. The Morgan fingerprint density at radius 1 is 0.141 bits per heavy atom. The minimum atomic E-state index is 0.502. The van der Waals surface area contributed by atoms with Gasteiger partial charge in [0.25, 0.3) is 0 Å². The molecule has 4 unspecified atom stereocenters. The molecule has 0 aromatic carbocycles. The van der Waals surface area contributed by atoms with Crippen LogP contribution in [-0.2, 0) is 4.74 Å². The maximum atomic E-state index is 7.36. The number of rotatable bonds is 78. The van der Waals surface area contributed by atoms with Gasteiger partial charge in [-0.1, -0.05) is 491 Å². The monoisotopic (exact) mass is 1200 g/mol. The lowest BCUT2D eigenvalue weighted by atomic mass is 9.95. The van der Waals surface area contributed by atoms with Gasteiger partial charge in [0.15, 0.2) is 0 Å². The first-order chi connectivity index (χ1) is 42.1. The minimum absolute atomic E-state index is 0.502. The smallest absolute Gasteiger partial charge is 0.0578 e. The van der Waals surface area contributed by atoms with E-state index in [2.05, 4.69) is 41.5 Å². The summed E-state index contributed by atoms with van der Waals surface area (Å²) >= 11 is 0. The standard InChI is InChI=1S/C84H170O/c1-7-11-15-19-23-27-31-33-35-37-39-41-43-45-47-51-57-65-73-81(5)75-67-59-55-63-71-79-83(77-69-61-53-49-29-25-21-17-13-9-3)85-84(78-70-62-54-50-30-26-22-18-14-10-4)80-72-64-56-60-68-76-82(6)74-66-58-52-48-46-44-42-40-38-36-34-32-28-24-20-16-12-8-2/h81-84H,7-80H2,1-6H3. The van der Waals surface area contributed by atoms with Crippen LogP contribution in [-0.4, -0.2) is 12.2 Å². The van der Waals surface area contributed by atoms with Crippen LogP contribution in [0.25, 0.3) is 0 Å². The normalized spacial score (nSPS) is 13.3. The quantitative estimate of drug-likeness (QED) is 0.0552. The Bertz CT molecular complexity index is 1040. The summed E-state index contributed by atoms with van der Waals surface area (Å²) in [5.41, 5.74) is 0. The summed E-state index contributed by atoms with van der Waals surface area (Å²) in [6.45, 7) is 14.4. The molecule has 512 valence electrons. The van der Waals surface area contributed by atoms with Crippen molar-refractivity contribution >= 4 is 0 Å². The van der Waals surface area contributed by atoms with Gasteiger partial charge in [-0.3, -0.25) is 0 Å². The van der Waals surface area contributed by atoms with Gasteiger partial charge in [0, 0.05) is 0 Å². The molecule has 0 spiro atoms. The predicted octanol–water partition coefficient (Wildman–Crippen LogP) is 32.0. The molecular weight excluding hydrogens is 1020 g/mol. The summed E-state index contributed by atoms with van der Waals surface area (Å²) in [6.07, 6.45) is 108. The van der Waals surface area contributed by atoms with Crippen LogP contribution in [0, 0.1) is 11.8 Å². The fourth-order valence-corrected chi connectivity index (χ4v) is 14.4. The zero-order valence-electron chi connectivity index (χ0n) is 61.0. The second kappa shape index (κ2) is 76.4. The van der Waals surface area contributed by atoms with Crippen molar-refractivity contribution < 1.29 is 4.74 Å². The van der Waals surface area contributed by atoms with Crippen LogP contribution < -0.4 is 0 Å². The Kier molecular flexibility index (Phi) is 76.4. The van der Waals surface area contributed by atoms with Crippen molar-refractivity contribution in [3.8, 4) is 0 Å². The molecule has 0 amide bonds. The van der Waals surface area contributed by atoms with E-state index >= 15 is 0 Å². The minimum Gasteiger partial charge on any atom is -0.375 e. The van der Waals surface area contributed by atoms with Gasteiger partial charge >= 0.3 is 0 Å². The molecule has 4 atom stereocenters. The van der Waals surface area contributed by atoms with E-state index in [1.807, 2.05) is 0 Å². The highest BCUT2D eigenvalue weighted by Crippen LogP contribution is 2.26. The van der Waals surface area contributed by atoms with Crippen LogP contribution in [0.2, 0.25) is 0 Å². The zero-order valence-corrected chi connectivity index (χ0v) is 61.0. The third-order valence-electron chi connectivity index (χ3n) is 20.7. The van der Waals surface area contributed by atoms with Crippen molar-refractivity contribution in [1.82, 2.24) is 0 Å². The molecule has 0 aliphatic carbocycles. The summed E-state index contributed by atoms with van der Waals surface area (Å²) in [7, 11) is 0. The van der Waals surface area contributed by atoms with E-state index < -0.39 is 0 Å². The fraction of sp³-hybridized carbons (Fsp3) is 1.00. The van der Waals surface area contributed by atoms with Gasteiger partial charge in [-0.2, -0.15) is 0 Å². The van der Waals surface area contributed by atoms with Crippen molar-refractivity contribution in [2.24, 2.45) is 11.8 Å². The fourth-order valence-electron chi connectivity index (χ4n) is 14.4. The van der Waals surface area contributed by atoms with Crippen LogP contribution in [0.1, 0.15) is 517 Å². The van der Waals surface area contributed by atoms with E-state index in [-0.39, 0.29) is 0 Å². The molecule has 1 heteroatoms. The van der Waals surface area contributed by atoms with Crippen molar-refractivity contribution in [1.29, 1.82) is 0 Å². The lowest BCUT2D eigenvalue weighted by molar-refractivity contribution is -0.0324. The van der Waals surface area contributed by atoms with Crippen molar-refractivity contribution in [2.45, 2.75) is 529 Å². The van der Waals surface area contributed by atoms with Gasteiger partial charge in [-0.05, 0) is 37.5 Å². The molecule has 0 saturated carbocycles. The molecule has 0 fully saturated rings. The van der Waals surface area contributed by atoms with Gasteiger partial charge in [-0.15, -0.1) is 0 Å². The highest BCUT2D eigenvalue weighted by molar-refractivity contribution is 4.68. The molecule has 0 aliphatic heterocycles. The van der Waals surface area contributed by atoms with E-state index in [1.54, 1.807) is 0 Å². The Hall–Kier alpha value is -0.0400. The van der Waals surface area contributed by atoms with E-state index in [9.17, 15) is 0 Å². The molecule has 0 aromatic heterocycles. The molecule has 0 aliphatic rings. The summed E-state index contributed by atoms with van der Waals surface area (Å²) in [5, 5.41) is 0. The molecule has 85 heavy (non-hydrogen) atoms. The lowest BCUT2D eigenvalue weighted by Crippen LogP contribution is -2.23. The van der Waals surface area contributed by atoms with E-state index in [1.165, 1.54) is 475 Å². The third kappa shape index (κ3) is 72.9. The van der Waals surface area contributed by atoms with Crippen LogP contribution in [0.4, 0.5) is 0 Å². The van der Waals surface area contributed by atoms with Crippen molar-refractivity contribution in [3.05, 3.63) is 0 Å². The van der Waals surface area contributed by atoms with E-state index in [0.29, 0.717) is 12.2 Å². The highest BCUT2D eigenvalue weighted by atomic mass is 16.5. The Morgan fingerprint density at radius 3 is 0.376 bits per heavy atom. The average molecular weight is 1200 g/mol. The molecule has 0 radical (unpaired) electrons. The van der Waals surface area contributed by atoms with Crippen molar-refractivity contribution in [3.63, 3.8) is 0 Å². The summed E-state index contributed by atoms with van der Waals surface area (Å²) in [4.78, 5) is 0. The molecule has 0 N–H and O–H groups in total. The van der Waals surface area contributed by atoms with Crippen LogP contribution in [0.15, 0.2) is 0 Å². The third-order valence-corrected chi connectivity index (χ3v) is 20.7. The molecule has 0 saturated heterocycles. The van der Waals surface area contributed by atoms with E-state index in [0.717, 1.165) is 11.8 Å². The summed E-state index contributed by atoms with van der Waals surface area (Å²) < 4.78 is 7.36. The van der Waals surface area contributed by atoms with Gasteiger partial charge in [-0.25, -0.2) is 0 Å².